The highest BCUT2D eigenvalue weighted by molar-refractivity contribution is 5.88. The van der Waals surface area contributed by atoms with E-state index in [1.54, 1.807) is 6.07 Å². The molecule has 1 spiro atoms. The van der Waals surface area contributed by atoms with E-state index in [9.17, 15) is 19.8 Å². The number of aliphatic hydroxyl groups is 1. The number of ether oxygens (including phenoxy) is 1. The van der Waals surface area contributed by atoms with Gasteiger partial charge >= 0.3 is 6.09 Å². The summed E-state index contributed by atoms with van der Waals surface area (Å²) in [6, 6.07) is 1.85. The highest BCUT2D eigenvalue weighted by Crippen LogP contribution is 2.44. The van der Waals surface area contributed by atoms with Crippen LogP contribution < -0.4 is 14.5 Å². The summed E-state index contributed by atoms with van der Waals surface area (Å²) in [5.41, 5.74) is -0.0913. The Bertz CT molecular complexity index is 939. The number of methoxy groups -OCH3 is 1. The number of terminal acetylenes is 1. The zero-order valence-electron chi connectivity index (χ0n) is 19.1. The van der Waals surface area contributed by atoms with E-state index < -0.39 is 11.5 Å². The highest BCUT2D eigenvalue weighted by atomic mass is 16.5. The summed E-state index contributed by atoms with van der Waals surface area (Å²) in [5, 5.41) is 19.3. The van der Waals surface area contributed by atoms with Gasteiger partial charge in [-0.3, -0.25) is 9.69 Å². The van der Waals surface area contributed by atoms with E-state index in [1.807, 2.05) is 4.90 Å². The molecule has 0 radical (unpaired) electrons. The van der Waals surface area contributed by atoms with Gasteiger partial charge in [0.1, 0.15) is 0 Å². The van der Waals surface area contributed by atoms with Gasteiger partial charge in [0.25, 0.3) is 0 Å². The SMILES string of the molecule is C#CCN(C(=O)O)c1cnc(N2CCC[C@@]3(CCN([C@H]4CC[C@@H](O)CC4)C3=O)C2)c(OC)c1. The van der Waals surface area contributed by atoms with E-state index >= 15 is 0 Å². The Morgan fingerprint density at radius 1 is 1.33 bits per heavy atom. The molecule has 2 N–H and O–H groups in total. The molecule has 3 aliphatic rings. The van der Waals surface area contributed by atoms with Gasteiger partial charge in [-0.25, -0.2) is 9.78 Å². The quantitative estimate of drug-likeness (QED) is 0.655. The van der Waals surface area contributed by atoms with Crippen molar-refractivity contribution in [2.24, 2.45) is 5.41 Å². The Balaban J connectivity index is 1.53. The fraction of sp³-hybridized carbons (Fsp3) is 0.625. The molecule has 33 heavy (non-hydrogen) atoms. The summed E-state index contributed by atoms with van der Waals surface area (Å²) < 4.78 is 5.56. The minimum atomic E-state index is -1.16. The first-order chi connectivity index (χ1) is 15.9. The van der Waals surface area contributed by atoms with Gasteiger partial charge in [0.15, 0.2) is 11.6 Å². The van der Waals surface area contributed by atoms with Crippen LogP contribution in [0.15, 0.2) is 12.3 Å². The number of nitrogens with zero attached hydrogens (tertiary/aromatic N) is 4. The molecule has 3 fully saturated rings. The van der Waals surface area contributed by atoms with Crippen molar-refractivity contribution in [1.29, 1.82) is 0 Å². The number of piperidine rings is 1. The maximum atomic E-state index is 13.6. The number of pyridine rings is 1. The fourth-order valence-electron chi connectivity index (χ4n) is 5.58. The number of aromatic nitrogens is 1. The molecule has 9 nitrogen and oxygen atoms in total. The second kappa shape index (κ2) is 9.48. The third-order valence-electron chi connectivity index (χ3n) is 7.36. The van der Waals surface area contributed by atoms with Gasteiger partial charge in [-0.15, -0.1) is 6.42 Å². The number of anilines is 2. The second-order valence-electron chi connectivity index (χ2n) is 9.31. The van der Waals surface area contributed by atoms with Crippen molar-refractivity contribution in [2.75, 3.05) is 43.1 Å². The highest BCUT2D eigenvalue weighted by Gasteiger charge is 2.51. The lowest BCUT2D eigenvalue weighted by atomic mass is 9.78. The Labute approximate surface area is 194 Å². The number of amides is 2. The molecular formula is C24H32N4O5. The van der Waals surface area contributed by atoms with Crippen LogP contribution in [0.1, 0.15) is 44.9 Å². The molecule has 9 heteroatoms. The molecule has 1 aromatic rings. The maximum absolute atomic E-state index is 13.6. The number of hydrogen-bond donors (Lipinski definition) is 2. The third-order valence-corrected chi connectivity index (χ3v) is 7.36. The van der Waals surface area contributed by atoms with Gasteiger partial charge in [0, 0.05) is 31.7 Å². The number of carboxylic acid groups (broad SMARTS) is 1. The molecule has 1 atom stereocenters. The molecule has 2 aliphatic heterocycles. The Morgan fingerprint density at radius 2 is 2.09 bits per heavy atom. The smallest absolute Gasteiger partial charge is 0.412 e. The summed E-state index contributed by atoms with van der Waals surface area (Å²) in [5.74, 6) is 3.63. The second-order valence-corrected chi connectivity index (χ2v) is 9.31. The fourth-order valence-corrected chi connectivity index (χ4v) is 5.58. The minimum Gasteiger partial charge on any atom is -0.493 e. The maximum Gasteiger partial charge on any atom is 0.412 e. The van der Waals surface area contributed by atoms with Crippen LogP contribution >= 0.6 is 0 Å². The van der Waals surface area contributed by atoms with E-state index in [0.29, 0.717) is 23.8 Å². The summed E-state index contributed by atoms with van der Waals surface area (Å²) in [6.07, 6.45) is 11.2. The van der Waals surface area contributed by atoms with Gasteiger partial charge in [-0.2, -0.15) is 0 Å². The zero-order valence-corrected chi connectivity index (χ0v) is 19.1. The van der Waals surface area contributed by atoms with Crippen LogP contribution in [0.5, 0.6) is 5.75 Å². The molecule has 1 aliphatic carbocycles. The molecule has 2 amide bonds. The van der Waals surface area contributed by atoms with Crippen molar-refractivity contribution in [3.8, 4) is 18.1 Å². The molecule has 4 rings (SSSR count). The Kier molecular flexibility index (Phi) is 6.66. The number of aliphatic hydroxyl groups excluding tert-OH is 1. The van der Waals surface area contributed by atoms with Crippen molar-refractivity contribution < 1.29 is 24.5 Å². The summed E-state index contributed by atoms with van der Waals surface area (Å²) in [4.78, 5) is 34.8. The number of carbonyl (C=O) groups is 2. The van der Waals surface area contributed by atoms with Crippen LogP contribution in [0.25, 0.3) is 0 Å². The van der Waals surface area contributed by atoms with Gasteiger partial charge in [-0.1, -0.05) is 5.92 Å². The number of rotatable bonds is 5. The van der Waals surface area contributed by atoms with Crippen molar-refractivity contribution >= 4 is 23.5 Å². The van der Waals surface area contributed by atoms with Crippen molar-refractivity contribution in [2.45, 2.75) is 57.1 Å². The van der Waals surface area contributed by atoms with E-state index in [2.05, 4.69) is 15.8 Å². The molecule has 2 saturated heterocycles. The average molecular weight is 457 g/mol. The lowest BCUT2D eigenvalue weighted by molar-refractivity contribution is -0.139. The minimum absolute atomic E-state index is 0.0884. The number of hydrogen-bond acceptors (Lipinski definition) is 6. The molecule has 0 bridgehead atoms. The summed E-state index contributed by atoms with van der Waals surface area (Å²) in [7, 11) is 1.52. The van der Waals surface area contributed by atoms with Gasteiger partial charge in [0.2, 0.25) is 5.91 Å². The summed E-state index contributed by atoms with van der Waals surface area (Å²) in [6.45, 7) is 1.99. The molecule has 1 saturated carbocycles. The molecule has 178 valence electrons. The number of likely N-dealkylation sites (tertiary alicyclic amines) is 1. The van der Waals surface area contributed by atoms with Crippen LogP contribution in [0, 0.1) is 17.8 Å². The molecule has 1 aromatic heterocycles. The normalized spacial score (nSPS) is 27.5. The molecule has 0 aromatic carbocycles. The lowest BCUT2D eigenvalue weighted by Gasteiger charge is -2.41. The molecular weight excluding hydrogens is 424 g/mol. The first-order valence-corrected chi connectivity index (χ1v) is 11.6. The lowest BCUT2D eigenvalue weighted by Crippen LogP contribution is -2.50. The van der Waals surface area contributed by atoms with Crippen molar-refractivity contribution in [3.63, 3.8) is 0 Å². The van der Waals surface area contributed by atoms with E-state index in [-0.39, 0.29) is 24.6 Å². The average Bonchev–Trinajstić information content (AvgIpc) is 3.12. The van der Waals surface area contributed by atoms with Gasteiger partial charge in [-0.05, 0) is 44.9 Å². The molecule has 3 heterocycles. The number of carbonyl (C=O) groups excluding carboxylic acids is 1. The monoisotopic (exact) mass is 456 g/mol. The predicted molar refractivity (Wildman–Crippen MR) is 123 cm³/mol. The van der Waals surface area contributed by atoms with Crippen LogP contribution in [-0.2, 0) is 4.79 Å². The Morgan fingerprint density at radius 3 is 2.76 bits per heavy atom. The Hall–Kier alpha value is -2.99. The van der Waals surface area contributed by atoms with Crippen molar-refractivity contribution in [1.82, 2.24) is 9.88 Å². The standard InChI is InChI=1S/C24H32N4O5/c1-3-11-28(23(31)32)18-14-20(33-2)21(25-15-18)26-12-4-9-24(16-26)10-13-27(22(24)30)17-5-7-19(29)8-6-17/h1,14-15,17,19,29H,4-13,16H2,2H3,(H,31,32)/t17-,19+,24-/m1/s1. The third kappa shape index (κ3) is 4.44. The van der Waals surface area contributed by atoms with E-state index in [1.165, 1.54) is 13.3 Å². The zero-order chi connectivity index (χ0) is 23.6. The van der Waals surface area contributed by atoms with Gasteiger partial charge < -0.3 is 24.7 Å². The van der Waals surface area contributed by atoms with E-state index in [4.69, 9.17) is 11.2 Å². The van der Waals surface area contributed by atoms with E-state index in [0.717, 1.165) is 62.9 Å². The van der Waals surface area contributed by atoms with Crippen LogP contribution in [0.4, 0.5) is 16.3 Å². The van der Waals surface area contributed by atoms with Crippen molar-refractivity contribution in [3.05, 3.63) is 12.3 Å². The van der Waals surface area contributed by atoms with Crippen LogP contribution in [-0.4, -0.2) is 77.5 Å². The first kappa shape index (κ1) is 23.2. The first-order valence-electron chi connectivity index (χ1n) is 11.6. The molecule has 0 unspecified atom stereocenters. The topological polar surface area (TPSA) is 106 Å². The van der Waals surface area contributed by atoms with Crippen LogP contribution in [0.3, 0.4) is 0 Å². The van der Waals surface area contributed by atoms with Crippen LogP contribution in [0.2, 0.25) is 0 Å². The predicted octanol–water partition coefficient (Wildman–Crippen LogP) is 2.33. The van der Waals surface area contributed by atoms with Gasteiger partial charge in [0.05, 0.1) is 37.1 Å². The largest absolute Gasteiger partial charge is 0.493 e. The summed E-state index contributed by atoms with van der Waals surface area (Å²) >= 11 is 0.